The molecule has 2 aromatic rings. The number of aliphatic hydroxyl groups is 1. The molecular weight excluding hydrogens is 606 g/mol. The fourth-order valence-corrected chi connectivity index (χ4v) is 9.45. The molecule has 2 heterocycles. The maximum absolute atomic E-state index is 17.7. The van der Waals surface area contributed by atoms with Gasteiger partial charge in [-0.15, -0.1) is 0 Å². The first-order valence-electron chi connectivity index (χ1n) is 15.1. The highest BCUT2D eigenvalue weighted by atomic mass is 35.5. The van der Waals surface area contributed by atoms with Crippen LogP contribution < -0.4 is 5.06 Å². The molecule has 1 saturated heterocycles. The van der Waals surface area contributed by atoms with Crippen LogP contribution in [0.4, 0.5) is 14.5 Å². The maximum atomic E-state index is 17.7. The lowest BCUT2D eigenvalue weighted by Crippen LogP contribution is -2.70. The molecule has 0 radical (unpaired) electrons. The highest BCUT2D eigenvalue weighted by molar-refractivity contribution is 6.30. The van der Waals surface area contributed by atoms with Gasteiger partial charge in [-0.1, -0.05) is 24.6 Å². The van der Waals surface area contributed by atoms with Crippen molar-refractivity contribution < 1.29 is 37.8 Å². The van der Waals surface area contributed by atoms with E-state index in [-0.39, 0.29) is 30.5 Å². The lowest BCUT2D eigenvalue weighted by Gasteiger charge is -2.63. The van der Waals surface area contributed by atoms with Crippen molar-refractivity contribution in [2.45, 2.75) is 56.7 Å². The van der Waals surface area contributed by atoms with Gasteiger partial charge < -0.3 is 9.84 Å². The van der Waals surface area contributed by atoms with Gasteiger partial charge in [0.05, 0.1) is 23.9 Å². The number of nitrogens with zero attached hydrogens (tertiary/aromatic N) is 2. The zero-order valence-electron chi connectivity index (χ0n) is 24.8. The predicted molar refractivity (Wildman–Crippen MR) is 160 cm³/mol. The Bertz CT molecular complexity index is 1640. The van der Waals surface area contributed by atoms with Crippen molar-refractivity contribution in [2.24, 2.45) is 28.6 Å². The van der Waals surface area contributed by atoms with E-state index in [9.17, 15) is 19.5 Å². The minimum atomic E-state index is -2.30. The third-order valence-corrected chi connectivity index (χ3v) is 11.7. The molecule has 0 amide bonds. The molecule has 236 valence electrons. The number of carbonyl (C=O) groups is 3. The number of aromatic nitrogens is 1. The van der Waals surface area contributed by atoms with Crippen molar-refractivity contribution in [3.63, 3.8) is 0 Å². The molecule has 0 bridgehead atoms. The quantitative estimate of drug-likeness (QED) is 0.446. The summed E-state index contributed by atoms with van der Waals surface area (Å²) in [7, 11) is 0. The number of carbonyl (C=O) groups excluding carboxylic acids is 3. The number of hydrogen-bond donors (Lipinski definition) is 1. The first-order valence-corrected chi connectivity index (χ1v) is 15.5. The summed E-state index contributed by atoms with van der Waals surface area (Å²) in [6, 6.07) is 9.86. The summed E-state index contributed by atoms with van der Waals surface area (Å²) in [5, 5.41) is 13.9. The van der Waals surface area contributed by atoms with Crippen LogP contribution in [0.3, 0.4) is 0 Å². The van der Waals surface area contributed by atoms with Crippen molar-refractivity contribution in [3.05, 3.63) is 83.2 Å². The van der Waals surface area contributed by atoms with Crippen LogP contribution in [0.2, 0.25) is 5.02 Å². The maximum Gasteiger partial charge on any atom is 0.338 e. The van der Waals surface area contributed by atoms with E-state index in [4.69, 9.17) is 21.2 Å². The number of hydrogen-bond acceptors (Lipinski definition) is 8. The topological polar surface area (TPSA) is 106 Å². The van der Waals surface area contributed by atoms with Gasteiger partial charge in [0.1, 0.15) is 6.17 Å². The summed E-state index contributed by atoms with van der Waals surface area (Å²) in [6.45, 7) is 2.99. The van der Waals surface area contributed by atoms with Gasteiger partial charge in [0.15, 0.2) is 23.7 Å². The minimum absolute atomic E-state index is 0.0357. The SMILES string of the molecule is CC12C=CC(=O)C=C1C(F)CC1C3CC4CN(c5ccc(Cl)cc5)OC4(C(=O)COC(=O)c4ccncc4)C3(C)CC(O)C12F. The second-order valence-electron chi connectivity index (χ2n) is 13.4. The molecule has 5 aliphatic rings. The number of fused-ring (bicyclic) bond motifs is 7. The van der Waals surface area contributed by atoms with Crippen LogP contribution in [-0.2, 0) is 19.2 Å². The van der Waals surface area contributed by atoms with E-state index in [1.165, 1.54) is 36.7 Å². The van der Waals surface area contributed by atoms with Gasteiger partial charge in [0, 0.05) is 40.1 Å². The first-order chi connectivity index (χ1) is 21.3. The molecule has 1 aliphatic heterocycles. The van der Waals surface area contributed by atoms with E-state index in [1.54, 1.807) is 43.2 Å². The summed E-state index contributed by atoms with van der Waals surface area (Å²) in [6.07, 6.45) is 3.35. The van der Waals surface area contributed by atoms with Gasteiger partial charge in [-0.3, -0.25) is 24.5 Å². The molecule has 11 heteroatoms. The number of ether oxygens (including phenoxy) is 1. The summed E-state index contributed by atoms with van der Waals surface area (Å²) in [5.74, 6) is -3.68. The molecular formula is C34H33ClF2N2O6. The Morgan fingerprint density at radius 2 is 1.84 bits per heavy atom. The average Bonchev–Trinajstić information content (AvgIpc) is 3.52. The van der Waals surface area contributed by atoms with E-state index in [0.717, 1.165) is 6.08 Å². The monoisotopic (exact) mass is 638 g/mol. The molecule has 9 atom stereocenters. The molecule has 3 saturated carbocycles. The molecule has 8 nitrogen and oxygen atoms in total. The smallest absolute Gasteiger partial charge is 0.338 e. The molecule has 1 aromatic carbocycles. The highest BCUT2D eigenvalue weighted by Gasteiger charge is 2.79. The van der Waals surface area contributed by atoms with Crippen LogP contribution in [0.5, 0.6) is 0 Å². The number of ketones is 2. The zero-order valence-corrected chi connectivity index (χ0v) is 25.5. The number of hydroxylamine groups is 1. The number of rotatable bonds is 5. The number of anilines is 1. The van der Waals surface area contributed by atoms with Gasteiger partial charge in [0.2, 0.25) is 5.78 Å². The van der Waals surface area contributed by atoms with Crippen LogP contribution in [0.1, 0.15) is 43.5 Å². The Morgan fingerprint density at radius 1 is 1.13 bits per heavy atom. The first kappa shape index (κ1) is 30.2. The van der Waals surface area contributed by atoms with E-state index in [1.807, 2.05) is 0 Å². The van der Waals surface area contributed by atoms with Crippen molar-refractivity contribution in [2.75, 3.05) is 18.2 Å². The van der Waals surface area contributed by atoms with Gasteiger partial charge >= 0.3 is 5.97 Å². The number of esters is 1. The third kappa shape index (κ3) is 4.07. The molecule has 7 rings (SSSR count). The molecule has 4 aliphatic carbocycles. The van der Waals surface area contributed by atoms with E-state index in [0.29, 0.717) is 17.1 Å². The summed E-state index contributed by atoms with van der Waals surface area (Å²) >= 11 is 6.11. The number of allylic oxidation sites excluding steroid dienone is 4. The van der Waals surface area contributed by atoms with Crippen LogP contribution in [-0.4, -0.2) is 64.3 Å². The van der Waals surface area contributed by atoms with Gasteiger partial charge in [0.25, 0.3) is 0 Å². The number of aliphatic hydroxyl groups excluding tert-OH is 1. The second kappa shape index (κ2) is 10.3. The highest BCUT2D eigenvalue weighted by Crippen LogP contribution is 2.72. The van der Waals surface area contributed by atoms with Crippen LogP contribution in [0.25, 0.3) is 0 Å². The third-order valence-electron chi connectivity index (χ3n) is 11.4. The summed E-state index contributed by atoms with van der Waals surface area (Å²) in [4.78, 5) is 50.0. The molecule has 0 spiro atoms. The molecule has 1 aromatic heterocycles. The number of pyridine rings is 1. The largest absolute Gasteiger partial charge is 0.454 e. The predicted octanol–water partition coefficient (Wildman–Crippen LogP) is 5.20. The zero-order chi connectivity index (χ0) is 31.9. The Hall–Kier alpha value is -3.47. The van der Waals surface area contributed by atoms with Crippen LogP contribution in [0, 0.1) is 28.6 Å². The standard InChI is InChI=1S/C34H33ClF2N2O6/c1-31-10-7-23(40)14-26(31)27(36)15-25-24-13-20-17-39(22-5-3-21(35)4-6-22)45-34(20,32(24,2)16-28(41)33(25,31)37)29(42)18-44-30(43)19-8-11-38-12-9-19/h3-12,14,20,24-25,27-28,41H,13,15-18H2,1-2H3. The number of Topliss-reactive ketones (excluding diaryl/α,β-unsaturated/α-hetero) is 1. The summed E-state index contributed by atoms with van der Waals surface area (Å²) < 4.78 is 39.1. The van der Waals surface area contributed by atoms with E-state index >= 15 is 8.78 Å². The second-order valence-corrected chi connectivity index (χ2v) is 13.8. The average molecular weight is 639 g/mol. The van der Waals surface area contributed by atoms with Gasteiger partial charge in [-0.2, -0.15) is 0 Å². The van der Waals surface area contributed by atoms with Crippen molar-refractivity contribution in [3.8, 4) is 0 Å². The lowest BCUT2D eigenvalue weighted by molar-refractivity contribution is -0.228. The summed E-state index contributed by atoms with van der Waals surface area (Å²) in [5.41, 5.74) is -5.71. The van der Waals surface area contributed by atoms with E-state index < -0.39 is 76.3 Å². The Kier molecular flexibility index (Phi) is 6.89. The Balaban J connectivity index is 1.28. The van der Waals surface area contributed by atoms with Crippen molar-refractivity contribution in [1.29, 1.82) is 0 Å². The molecule has 9 unspecified atom stereocenters. The molecule has 4 fully saturated rings. The number of halogens is 3. The van der Waals surface area contributed by atoms with Crippen molar-refractivity contribution >= 4 is 34.8 Å². The van der Waals surface area contributed by atoms with Crippen LogP contribution in [0.15, 0.2) is 72.6 Å². The Labute approximate surface area is 264 Å². The molecule has 45 heavy (non-hydrogen) atoms. The molecule has 1 N–H and O–H groups in total. The van der Waals surface area contributed by atoms with Gasteiger partial charge in [-0.25, -0.2) is 13.6 Å². The normalized spacial score (nSPS) is 39.8. The lowest BCUT2D eigenvalue weighted by atomic mass is 9.44. The number of alkyl halides is 2. The Morgan fingerprint density at radius 3 is 2.56 bits per heavy atom. The minimum Gasteiger partial charge on any atom is -0.454 e. The fourth-order valence-electron chi connectivity index (χ4n) is 9.32. The van der Waals surface area contributed by atoms with Gasteiger partial charge in [-0.05, 0) is 86.2 Å². The fraction of sp³-hybridized carbons (Fsp3) is 0.471. The van der Waals surface area contributed by atoms with Crippen molar-refractivity contribution in [1.82, 2.24) is 4.98 Å². The number of benzene rings is 1. The van der Waals surface area contributed by atoms with Crippen LogP contribution >= 0.6 is 11.6 Å². The van der Waals surface area contributed by atoms with E-state index in [2.05, 4.69) is 4.98 Å².